The van der Waals surface area contributed by atoms with Crippen LogP contribution in [0.1, 0.15) is 36.1 Å². The molecule has 0 spiro atoms. The maximum absolute atomic E-state index is 12.7. The molecule has 1 aromatic heterocycles. The van der Waals surface area contributed by atoms with Crippen molar-refractivity contribution < 1.29 is 9.53 Å². The molecule has 0 radical (unpaired) electrons. The predicted octanol–water partition coefficient (Wildman–Crippen LogP) is 5.65. The molecule has 0 unspecified atom stereocenters. The summed E-state index contributed by atoms with van der Waals surface area (Å²) >= 11 is 5.08. The van der Waals surface area contributed by atoms with Crippen molar-refractivity contribution in [2.24, 2.45) is 5.92 Å². The highest BCUT2D eigenvalue weighted by molar-refractivity contribution is 9.10. The number of benzene rings is 1. The van der Waals surface area contributed by atoms with Crippen LogP contribution in [0.15, 0.2) is 58.9 Å². The standard InChI is InChI=1S/C26H31BrN2O2S/c1-3-12-29-13-11-26(19-5-4-6-23(14-19)31-2)16-22(8-7-20(26)17-29)28-25(30)10-9-24-15-21(27)18-32-24/h3-6,9-10,14-15,18,20,22H,1,7-8,11-13,16-17H2,2H3,(H,28,30)/b10-9+/t20-,22-,26+/m1/s1. The second kappa shape index (κ2) is 10.4. The summed E-state index contributed by atoms with van der Waals surface area (Å²) in [5.41, 5.74) is 1.41. The number of halogens is 1. The van der Waals surface area contributed by atoms with Crippen LogP contribution in [-0.2, 0) is 10.2 Å². The van der Waals surface area contributed by atoms with Crippen molar-refractivity contribution in [3.8, 4) is 5.75 Å². The maximum atomic E-state index is 12.7. The van der Waals surface area contributed by atoms with E-state index in [-0.39, 0.29) is 17.4 Å². The summed E-state index contributed by atoms with van der Waals surface area (Å²) in [6.07, 6.45) is 9.74. The number of rotatable bonds is 7. The Morgan fingerprint density at radius 2 is 2.28 bits per heavy atom. The van der Waals surface area contributed by atoms with Gasteiger partial charge in [-0.05, 0) is 83.9 Å². The zero-order valence-corrected chi connectivity index (χ0v) is 21.0. The quantitative estimate of drug-likeness (QED) is 0.383. The Morgan fingerprint density at radius 3 is 3.03 bits per heavy atom. The fourth-order valence-corrected chi connectivity index (χ4v) is 6.78. The fourth-order valence-electron chi connectivity index (χ4n) is 5.44. The first-order valence-electron chi connectivity index (χ1n) is 11.2. The highest BCUT2D eigenvalue weighted by Gasteiger charge is 2.48. The van der Waals surface area contributed by atoms with Crippen molar-refractivity contribution >= 4 is 39.2 Å². The van der Waals surface area contributed by atoms with Gasteiger partial charge in [-0.3, -0.25) is 9.69 Å². The molecule has 3 atom stereocenters. The van der Waals surface area contributed by atoms with E-state index in [2.05, 4.69) is 50.9 Å². The van der Waals surface area contributed by atoms with E-state index in [0.29, 0.717) is 5.92 Å². The summed E-state index contributed by atoms with van der Waals surface area (Å²) in [4.78, 5) is 16.3. The third-order valence-electron chi connectivity index (χ3n) is 6.97. The number of ether oxygens (including phenoxy) is 1. The normalized spacial score (nSPS) is 25.9. The molecule has 4 nitrogen and oxygen atoms in total. The highest BCUT2D eigenvalue weighted by Crippen LogP contribution is 2.49. The van der Waals surface area contributed by atoms with E-state index in [9.17, 15) is 4.79 Å². The first kappa shape index (κ1) is 23.3. The van der Waals surface area contributed by atoms with Crippen LogP contribution >= 0.6 is 27.3 Å². The molecule has 32 heavy (non-hydrogen) atoms. The molecule has 1 saturated carbocycles. The molecule has 1 aromatic carbocycles. The zero-order valence-electron chi connectivity index (χ0n) is 18.6. The van der Waals surface area contributed by atoms with E-state index >= 15 is 0 Å². The molecule has 1 saturated heterocycles. The Bertz CT molecular complexity index is 988. The number of methoxy groups -OCH3 is 1. The first-order chi connectivity index (χ1) is 15.5. The fraction of sp³-hybridized carbons (Fsp3) is 0.423. The Morgan fingerprint density at radius 1 is 1.41 bits per heavy atom. The minimum Gasteiger partial charge on any atom is -0.497 e. The molecule has 2 heterocycles. The summed E-state index contributed by atoms with van der Waals surface area (Å²) in [5.74, 6) is 1.46. The van der Waals surface area contributed by atoms with E-state index < -0.39 is 0 Å². The van der Waals surface area contributed by atoms with Gasteiger partial charge in [0, 0.05) is 45.4 Å². The zero-order chi connectivity index (χ0) is 22.6. The van der Waals surface area contributed by atoms with Gasteiger partial charge in [0.1, 0.15) is 5.75 Å². The molecule has 1 N–H and O–H groups in total. The topological polar surface area (TPSA) is 41.6 Å². The van der Waals surface area contributed by atoms with Crippen molar-refractivity contribution in [1.29, 1.82) is 0 Å². The van der Waals surface area contributed by atoms with Gasteiger partial charge in [0.2, 0.25) is 5.91 Å². The van der Waals surface area contributed by atoms with Crippen molar-refractivity contribution in [1.82, 2.24) is 10.2 Å². The smallest absolute Gasteiger partial charge is 0.244 e. The van der Waals surface area contributed by atoms with Crippen LogP contribution < -0.4 is 10.1 Å². The summed E-state index contributed by atoms with van der Waals surface area (Å²) in [5, 5.41) is 5.32. The van der Waals surface area contributed by atoms with Gasteiger partial charge < -0.3 is 10.1 Å². The van der Waals surface area contributed by atoms with Gasteiger partial charge in [-0.25, -0.2) is 0 Å². The van der Waals surface area contributed by atoms with Gasteiger partial charge >= 0.3 is 0 Å². The Balaban J connectivity index is 1.52. The lowest BCUT2D eigenvalue weighted by Crippen LogP contribution is -2.56. The van der Waals surface area contributed by atoms with Crippen molar-refractivity contribution in [2.75, 3.05) is 26.7 Å². The molecule has 170 valence electrons. The molecule has 0 bridgehead atoms. The molecule has 1 aliphatic heterocycles. The molecule has 2 aromatic rings. The van der Waals surface area contributed by atoms with Crippen molar-refractivity contribution in [3.05, 3.63) is 69.4 Å². The van der Waals surface area contributed by atoms with Gasteiger partial charge in [-0.15, -0.1) is 17.9 Å². The lowest BCUT2D eigenvalue weighted by atomic mass is 9.58. The monoisotopic (exact) mass is 514 g/mol. The molecule has 1 amide bonds. The number of likely N-dealkylation sites (tertiary alicyclic amines) is 1. The molecule has 2 fully saturated rings. The number of hydrogen-bond donors (Lipinski definition) is 1. The second-order valence-corrected chi connectivity index (χ2v) is 10.7. The number of nitrogens with one attached hydrogen (secondary N) is 1. The molecule has 6 heteroatoms. The van der Waals surface area contributed by atoms with Gasteiger partial charge in [0.05, 0.1) is 7.11 Å². The molecular formula is C26H31BrN2O2S. The van der Waals surface area contributed by atoms with Gasteiger partial charge in [0.25, 0.3) is 0 Å². The van der Waals surface area contributed by atoms with Crippen LogP contribution in [0.5, 0.6) is 5.75 Å². The van der Waals surface area contributed by atoms with Gasteiger partial charge in [-0.2, -0.15) is 0 Å². The van der Waals surface area contributed by atoms with Crippen molar-refractivity contribution in [3.63, 3.8) is 0 Å². The first-order valence-corrected chi connectivity index (χ1v) is 12.9. The van der Waals surface area contributed by atoms with E-state index in [1.165, 1.54) is 5.56 Å². The Kier molecular flexibility index (Phi) is 7.54. The largest absolute Gasteiger partial charge is 0.497 e. The second-order valence-electron chi connectivity index (χ2n) is 8.87. The number of fused-ring (bicyclic) bond motifs is 1. The number of carbonyl (C=O) groups is 1. The van der Waals surface area contributed by atoms with Gasteiger partial charge in [0.15, 0.2) is 0 Å². The summed E-state index contributed by atoms with van der Waals surface area (Å²) in [6, 6.07) is 10.8. The van der Waals surface area contributed by atoms with E-state index in [1.807, 2.05) is 29.7 Å². The number of thiophene rings is 1. The summed E-state index contributed by atoms with van der Waals surface area (Å²) < 4.78 is 6.59. The minimum atomic E-state index is -0.0112. The number of carbonyl (C=O) groups excluding carboxylic acids is 1. The third kappa shape index (κ3) is 5.19. The Labute approximate surface area is 203 Å². The highest BCUT2D eigenvalue weighted by atomic mass is 79.9. The number of nitrogens with zero attached hydrogens (tertiary/aromatic N) is 1. The lowest BCUT2D eigenvalue weighted by molar-refractivity contribution is -0.117. The maximum Gasteiger partial charge on any atom is 0.244 e. The average molecular weight is 516 g/mol. The molecule has 2 aliphatic rings. The number of piperidine rings is 1. The SMILES string of the molecule is C=CCN1CC[C@@]2(c3cccc(OC)c3)C[C@H](NC(=O)/C=C/c3cc(Br)cs3)CC[C@@H]2C1. The van der Waals surface area contributed by atoms with E-state index in [0.717, 1.165) is 60.4 Å². The van der Waals surface area contributed by atoms with Crippen LogP contribution in [0.3, 0.4) is 0 Å². The van der Waals surface area contributed by atoms with Gasteiger partial charge in [-0.1, -0.05) is 18.2 Å². The van der Waals surface area contributed by atoms with E-state index in [1.54, 1.807) is 24.5 Å². The number of hydrogen-bond acceptors (Lipinski definition) is 4. The predicted molar refractivity (Wildman–Crippen MR) is 136 cm³/mol. The minimum absolute atomic E-state index is 0.0112. The lowest BCUT2D eigenvalue weighted by Gasteiger charge is -2.53. The van der Waals surface area contributed by atoms with Crippen LogP contribution in [0.25, 0.3) is 6.08 Å². The van der Waals surface area contributed by atoms with E-state index in [4.69, 9.17) is 4.74 Å². The van der Waals surface area contributed by atoms with Crippen LogP contribution in [0.2, 0.25) is 0 Å². The number of amides is 1. The molecule has 4 rings (SSSR count). The third-order valence-corrected chi connectivity index (χ3v) is 8.63. The summed E-state index contributed by atoms with van der Waals surface area (Å²) in [7, 11) is 1.73. The average Bonchev–Trinajstić information content (AvgIpc) is 3.23. The Hall–Kier alpha value is -1.89. The van der Waals surface area contributed by atoms with Crippen LogP contribution in [0.4, 0.5) is 0 Å². The van der Waals surface area contributed by atoms with Crippen molar-refractivity contribution in [2.45, 2.75) is 37.1 Å². The van der Waals surface area contributed by atoms with Crippen LogP contribution in [0, 0.1) is 5.92 Å². The molecule has 1 aliphatic carbocycles. The summed E-state index contributed by atoms with van der Waals surface area (Å²) in [6.45, 7) is 7.00. The molecular weight excluding hydrogens is 484 g/mol. The van der Waals surface area contributed by atoms with Crippen LogP contribution in [-0.4, -0.2) is 43.6 Å².